The van der Waals surface area contributed by atoms with E-state index in [0.29, 0.717) is 24.8 Å². The van der Waals surface area contributed by atoms with Gasteiger partial charge in [-0.1, -0.05) is 31.2 Å². The van der Waals surface area contributed by atoms with Gasteiger partial charge >= 0.3 is 0 Å². The monoisotopic (exact) mass is 502 g/mol. The highest BCUT2D eigenvalue weighted by atomic mass is 19.2. The SMILES string of the molecule is CCCOc1ccc(-c2ccc(C3=CCC(COc4ccc(C)c(F)c4F)CC3)cc2F)c(F)c1F. The Balaban J connectivity index is 1.43. The van der Waals surface area contributed by atoms with Gasteiger partial charge in [0.05, 0.1) is 13.2 Å². The van der Waals surface area contributed by atoms with E-state index in [-0.39, 0.29) is 47.3 Å². The summed E-state index contributed by atoms with van der Waals surface area (Å²) < 4.78 is 82.4. The van der Waals surface area contributed by atoms with Gasteiger partial charge in [-0.3, -0.25) is 0 Å². The van der Waals surface area contributed by atoms with Gasteiger partial charge in [-0.15, -0.1) is 0 Å². The van der Waals surface area contributed by atoms with Gasteiger partial charge in [0, 0.05) is 11.1 Å². The molecule has 2 nitrogen and oxygen atoms in total. The predicted molar refractivity (Wildman–Crippen MR) is 129 cm³/mol. The summed E-state index contributed by atoms with van der Waals surface area (Å²) in [7, 11) is 0. The number of rotatable bonds is 8. The lowest BCUT2D eigenvalue weighted by atomic mass is 9.86. The lowest BCUT2D eigenvalue weighted by Gasteiger charge is -2.23. The zero-order valence-corrected chi connectivity index (χ0v) is 20.1. The molecule has 1 atom stereocenters. The molecule has 3 aromatic rings. The molecule has 36 heavy (non-hydrogen) atoms. The minimum absolute atomic E-state index is 0.0350. The van der Waals surface area contributed by atoms with Crippen molar-refractivity contribution >= 4 is 5.57 Å². The number of hydrogen-bond acceptors (Lipinski definition) is 2. The van der Waals surface area contributed by atoms with Crippen LogP contribution in [0.2, 0.25) is 0 Å². The molecule has 0 saturated heterocycles. The molecule has 0 radical (unpaired) electrons. The van der Waals surface area contributed by atoms with Crippen molar-refractivity contribution in [3.63, 3.8) is 0 Å². The van der Waals surface area contributed by atoms with Crippen molar-refractivity contribution in [1.82, 2.24) is 0 Å². The average molecular weight is 503 g/mol. The van der Waals surface area contributed by atoms with Gasteiger partial charge < -0.3 is 9.47 Å². The lowest BCUT2D eigenvalue weighted by molar-refractivity contribution is 0.228. The van der Waals surface area contributed by atoms with Crippen LogP contribution in [0.5, 0.6) is 11.5 Å². The number of ether oxygens (including phenoxy) is 2. The van der Waals surface area contributed by atoms with Crippen LogP contribution in [0.3, 0.4) is 0 Å². The van der Waals surface area contributed by atoms with Crippen molar-refractivity contribution in [2.45, 2.75) is 39.5 Å². The van der Waals surface area contributed by atoms with Crippen molar-refractivity contribution in [3.8, 4) is 22.6 Å². The van der Waals surface area contributed by atoms with E-state index in [0.717, 1.165) is 12.0 Å². The standard InChI is InChI=1S/C29H27F5O2/c1-3-14-35-24-13-11-22(27(32)29(24)34)21-10-9-20(15-23(21)30)19-7-5-18(6-8-19)16-36-25-12-4-17(2)26(31)28(25)33/h4,7,9-13,15,18H,3,5-6,8,14,16H2,1-2H3. The van der Waals surface area contributed by atoms with Gasteiger partial charge in [-0.05, 0) is 79.5 Å². The van der Waals surface area contributed by atoms with Crippen LogP contribution in [0.15, 0.2) is 48.5 Å². The Kier molecular flexibility index (Phi) is 7.97. The van der Waals surface area contributed by atoms with Crippen LogP contribution in [0.4, 0.5) is 22.0 Å². The van der Waals surface area contributed by atoms with Gasteiger partial charge in [0.15, 0.2) is 23.1 Å². The van der Waals surface area contributed by atoms with E-state index >= 15 is 0 Å². The van der Waals surface area contributed by atoms with Crippen LogP contribution < -0.4 is 9.47 Å². The third-order valence-electron chi connectivity index (χ3n) is 6.37. The first-order valence-corrected chi connectivity index (χ1v) is 12.0. The normalized spacial score (nSPS) is 15.5. The highest BCUT2D eigenvalue weighted by Gasteiger charge is 2.21. The first-order chi connectivity index (χ1) is 17.3. The molecule has 0 fully saturated rings. The number of aryl methyl sites for hydroxylation is 1. The Morgan fingerprint density at radius 3 is 2.19 bits per heavy atom. The number of allylic oxidation sites excluding steroid dienone is 2. The summed E-state index contributed by atoms with van der Waals surface area (Å²) in [6.07, 6.45) is 4.62. The number of hydrogen-bond donors (Lipinski definition) is 0. The molecule has 0 amide bonds. The summed E-state index contributed by atoms with van der Waals surface area (Å²) in [4.78, 5) is 0. The minimum atomic E-state index is -1.15. The minimum Gasteiger partial charge on any atom is -0.490 e. The molecular weight excluding hydrogens is 475 g/mol. The van der Waals surface area contributed by atoms with Crippen molar-refractivity contribution in [2.75, 3.05) is 13.2 Å². The molecule has 0 aliphatic heterocycles. The molecule has 0 spiro atoms. The quantitative estimate of drug-likeness (QED) is 0.288. The maximum atomic E-state index is 15.0. The fourth-order valence-corrected chi connectivity index (χ4v) is 4.25. The molecule has 0 bridgehead atoms. The maximum absolute atomic E-state index is 15.0. The highest BCUT2D eigenvalue weighted by molar-refractivity contribution is 5.72. The van der Waals surface area contributed by atoms with Crippen LogP contribution in [0.25, 0.3) is 16.7 Å². The Labute approximate surface area is 207 Å². The van der Waals surface area contributed by atoms with Gasteiger partial charge in [0.25, 0.3) is 0 Å². The summed E-state index contributed by atoms with van der Waals surface area (Å²) in [5.41, 5.74) is 1.60. The number of benzene rings is 3. The Hall–Kier alpha value is -3.35. The summed E-state index contributed by atoms with van der Waals surface area (Å²) >= 11 is 0. The molecular formula is C29H27F5O2. The molecule has 0 aromatic heterocycles. The van der Waals surface area contributed by atoms with Crippen LogP contribution in [0.1, 0.15) is 43.7 Å². The molecule has 0 heterocycles. The van der Waals surface area contributed by atoms with Crippen molar-refractivity contribution in [3.05, 3.63) is 88.8 Å². The fraction of sp³-hybridized carbons (Fsp3) is 0.310. The molecule has 7 heteroatoms. The largest absolute Gasteiger partial charge is 0.490 e. The predicted octanol–water partition coefficient (Wildman–Crippen LogP) is 8.41. The molecule has 190 valence electrons. The lowest BCUT2D eigenvalue weighted by Crippen LogP contribution is -2.15. The molecule has 0 N–H and O–H groups in total. The molecule has 0 saturated carbocycles. The van der Waals surface area contributed by atoms with Gasteiger partial charge in [-0.2, -0.15) is 8.78 Å². The van der Waals surface area contributed by atoms with Crippen LogP contribution in [0, 0.1) is 41.9 Å². The number of halogens is 5. The van der Waals surface area contributed by atoms with E-state index in [9.17, 15) is 22.0 Å². The average Bonchev–Trinajstić information content (AvgIpc) is 2.88. The molecule has 1 aliphatic carbocycles. The second-order valence-corrected chi connectivity index (χ2v) is 8.97. The molecule has 4 rings (SSSR count). The van der Waals surface area contributed by atoms with Gasteiger partial charge in [0.2, 0.25) is 11.6 Å². The van der Waals surface area contributed by atoms with Crippen molar-refractivity contribution in [1.29, 1.82) is 0 Å². The highest BCUT2D eigenvalue weighted by Crippen LogP contribution is 2.35. The van der Waals surface area contributed by atoms with Crippen LogP contribution in [-0.2, 0) is 0 Å². The second kappa shape index (κ2) is 11.1. The topological polar surface area (TPSA) is 18.5 Å². The van der Waals surface area contributed by atoms with E-state index in [1.54, 1.807) is 6.07 Å². The van der Waals surface area contributed by atoms with E-state index in [1.807, 2.05) is 13.0 Å². The third kappa shape index (κ3) is 5.40. The first-order valence-electron chi connectivity index (χ1n) is 12.0. The van der Waals surface area contributed by atoms with E-state index in [1.165, 1.54) is 43.3 Å². The van der Waals surface area contributed by atoms with Gasteiger partial charge in [0.1, 0.15) is 5.82 Å². The molecule has 1 aliphatic rings. The maximum Gasteiger partial charge on any atom is 0.201 e. The fourth-order valence-electron chi connectivity index (χ4n) is 4.25. The Morgan fingerprint density at radius 1 is 0.806 bits per heavy atom. The van der Waals surface area contributed by atoms with Crippen molar-refractivity contribution < 1.29 is 31.4 Å². The van der Waals surface area contributed by atoms with Crippen LogP contribution in [-0.4, -0.2) is 13.2 Å². The summed E-state index contributed by atoms with van der Waals surface area (Å²) in [6, 6.07) is 9.96. The van der Waals surface area contributed by atoms with Crippen molar-refractivity contribution in [2.24, 2.45) is 5.92 Å². The smallest absolute Gasteiger partial charge is 0.201 e. The van der Waals surface area contributed by atoms with E-state index in [2.05, 4.69) is 0 Å². The zero-order chi connectivity index (χ0) is 25.8. The summed E-state index contributed by atoms with van der Waals surface area (Å²) in [5, 5.41) is 0. The third-order valence-corrected chi connectivity index (χ3v) is 6.37. The Morgan fingerprint density at radius 2 is 1.50 bits per heavy atom. The Bertz CT molecular complexity index is 1290. The first kappa shape index (κ1) is 25.7. The van der Waals surface area contributed by atoms with Gasteiger partial charge in [-0.25, -0.2) is 13.2 Å². The van der Waals surface area contributed by atoms with E-state index in [4.69, 9.17) is 9.47 Å². The van der Waals surface area contributed by atoms with E-state index < -0.39 is 29.1 Å². The zero-order valence-electron chi connectivity index (χ0n) is 20.1. The molecule has 3 aromatic carbocycles. The second-order valence-electron chi connectivity index (χ2n) is 8.97. The van der Waals surface area contributed by atoms with Crippen LogP contribution >= 0.6 is 0 Å². The molecule has 1 unspecified atom stereocenters. The summed E-state index contributed by atoms with van der Waals surface area (Å²) in [5.74, 6) is -5.05. The summed E-state index contributed by atoms with van der Waals surface area (Å²) in [6.45, 7) is 3.82.